The van der Waals surface area contributed by atoms with Crippen LogP contribution in [0.15, 0.2) is 36.4 Å². The van der Waals surface area contributed by atoms with Crippen LogP contribution >= 0.6 is 0 Å². The van der Waals surface area contributed by atoms with Gasteiger partial charge in [-0.2, -0.15) is 13.2 Å². The standard InChI is InChI=1S/C18H16F4N2O/c19-17-13-7-8-23-10-12(13)5-6-15(17)24-16(25)9-11-3-1-2-4-14(11)18(20,21)22/h1-6,23H,7-10H2,(H,24,25). The summed E-state index contributed by atoms with van der Waals surface area (Å²) in [6.07, 6.45) is -4.52. The summed E-state index contributed by atoms with van der Waals surface area (Å²) < 4.78 is 53.4. The van der Waals surface area contributed by atoms with E-state index in [1.54, 1.807) is 6.07 Å². The van der Waals surface area contributed by atoms with Gasteiger partial charge < -0.3 is 10.6 Å². The van der Waals surface area contributed by atoms with Crippen molar-refractivity contribution in [3.63, 3.8) is 0 Å². The number of hydrogen-bond donors (Lipinski definition) is 2. The van der Waals surface area contributed by atoms with Gasteiger partial charge in [-0.15, -0.1) is 0 Å². The third-order valence-electron chi connectivity index (χ3n) is 4.16. The van der Waals surface area contributed by atoms with Crippen molar-refractivity contribution in [1.82, 2.24) is 5.32 Å². The van der Waals surface area contributed by atoms with Crippen molar-refractivity contribution in [3.05, 3.63) is 64.5 Å². The molecule has 1 heterocycles. The summed E-state index contributed by atoms with van der Waals surface area (Å²) in [6.45, 7) is 1.19. The zero-order valence-electron chi connectivity index (χ0n) is 13.2. The Kier molecular flexibility index (Phi) is 4.76. The Morgan fingerprint density at radius 2 is 1.92 bits per heavy atom. The molecule has 0 bridgehead atoms. The maximum atomic E-state index is 14.5. The Bertz CT molecular complexity index is 802. The van der Waals surface area contributed by atoms with E-state index in [2.05, 4.69) is 10.6 Å². The van der Waals surface area contributed by atoms with Crippen molar-refractivity contribution in [1.29, 1.82) is 0 Å². The molecule has 2 aromatic carbocycles. The zero-order valence-corrected chi connectivity index (χ0v) is 13.2. The minimum Gasteiger partial charge on any atom is -0.323 e. The number of amides is 1. The first kappa shape index (κ1) is 17.4. The molecule has 1 aliphatic heterocycles. The molecule has 0 aromatic heterocycles. The van der Waals surface area contributed by atoms with Gasteiger partial charge in [0, 0.05) is 6.54 Å². The summed E-state index contributed by atoms with van der Waals surface area (Å²) in [4.78, 5) is 12.1. The highest BCUT2D eigenvalue weighted by molar-refractivity contribution is 5.92. The van der Waals surface area contributed by atoms with Gasteiger partial charge in [-0.3, -0.25) is 4.79 Å². The molecule has 1 amide bonds. The normalized spacial score (nSPS) is 14.1. The van der Waals surface area contributed by atoms with Crippen molar-refractivity contribution in [2.75, 3.05) is 11.9 Å². The van der Waals surface area contributed by atoms with Crippen molar-refractivity contribution in [3.8, 4) is 0 Å². The van der Waals surface area contributed by atoms with Gasteiger partial charge in [-0.25, -0.2) is 4.39 Å². The van der Waals surface area contributed by atoms with Crippen LogP contribution in [0.5, 0.6) is 0 Å². The summed E-state index contributed by atoms with van der Waals surface area (Å²) in [5.74, 6) is -1.21. The second-order valence-corrected chi connectivity index (χ2v) is 5.87. The average Bonchev–Trinajstić information content (AvgIpc) is 2.57. The molecule has 2 aromatic rings. The monoisotopic (exact) mass is 352 g/mol. The molecule has 3 nitrogen and oxygen atoms in total. The minimum absolute atomic E-state index is 0.00450. The van der Waals surface area contributed by atoms with Crippen molar-refractivity contribution in [2.45, 2.75) is 25.6 Å². The highest BCUT2D eigenvalue weighted by atomic mass is 19.4. The summed E-state index contributed by atoms with van der Waals surface area (Å²) >= 11 is 0. The molecular formula is C18H16F4N2O. The van der Waals surface area contributed by atoms with Crippen LogP contribution in [0.4, 0.5) is 23.2 Å². The summed E-state index contributed by atoms with van der Waals surface area (Å²) in [5.41, 5.74) is 0.351. The Labute approximate surface area is 142 Å². The van der Waals surface area contributed by atoms with Gasteiger partial charge in [0.05, 0.1) is 17.7 Å². The molecule has 0 saturated heterocycles. The van der Waals surface area contributed by atoms with E-state index in [0.717, 1.165) is 11.6 Å². The van der Waals surface area contributed by atoms with Crippen molar-refractivity contribution < 1.29 is 22.4 Å². The highest BCUT2D eigenvalue weighted by Crippen LogP contribution is 2.32. The predicted molar refractivity (Wildman–Crippen MR) is 85.6 cm³/mol. The number of hydrogen-bond acceptors (Lipinski definition) is 2. The molecule has 0 radical (unpaired) electrons. The van der Waals surface area contributed by atoms with Crippen LogP contribution in [-0.4, -0.2) is 12.5 Å². The topological polar surface area (TPSA) is 41.1 Å². The Morgan fingerprint density at radius 3 is 2.68 bits per heavy atom. The van der Waals surface area contributed by atoms with Crippen LogP contribution in [0.1, 0.15) is 22.3 Å². The van der Waals surface area contributed by atoms with Gasteiger partial charge in [0.25, 0.3) is 0 Å². The van der Waals surface area contributed by atoms with Crippen LogP contribution in [0.3, 0.4) is 0 Å². The van der Waals surface area contributed by atoms with Gasteiger partial charge in [-0.05, 0) is 41.8 Å². The number of alkyl halides is 3. The summed E-state index contributed by atoms with van der Waals surface area (Å²) in [6, 6.07) is 8.02. The molecule has 0 saturated carbocycles. The molecule has 25 heavy (non-hydrogen) atoms. The molecule has 0 unspecified atom stereocenters. The maximum absolute atomic E-state index is 14.5. The number of halogens is 4. The predicted octanol–water partition coefficient (Wildman–Crippen LogP) is 3.67. The smallest absolute Gasteiger partial charge is 0.323 e. The van der Waals surface area contributed by atoms with E-state index < -0.39 is 29.9 Å². The van der Waals surface area contributed by atoms with Crippen LogP contribution in [0.25, 0.3) is 0 Å². The fraction of sp³-hybridized carbons (Fsp3) is 0.278. The van der Waals surface area contributed by atoms with Gasteiger partial charge in [0.2, 0.25) is 5.91 Å². The Morgan fingerprint density at radius 1 is 1.16 bits per heavy atom. The Balaban J connectivity index is 1.78. The lowest BCUT2D eigenvalue weighted by Gasteiger charge is -2.19. The third-order valence-corrected chi connectivity index (χ3v) is 4.16. The van der Waals surface area contributed by atoms with E-state index in [1.807, 2.05) is 0 Å². The first-order chi connectivity index (χ1) is 11.9. The van der Waals surface area contributed by atoms with Gasteiger partial charge in [0.15, 0.2) is 0 Å². The fourth-order valence-corrected chi connectivity index (χ4v) is 2.95. The quantitative estimate of drug-likeness (QED) is 0.828. The summed E-state index contributed by atoms with van der Waals surface area (Å²) in [7, 11) is 0. The van der Waals surface area contributed by atoms with E-state index in [0.29, 0.717) is 25.1 Å². The molecule has 2 N–H and O–H groups in total. The van der Waals surface area contributed by atoms with Crippen molar-refractivity contribution >= 4 is 11.6 Å². The van der Waals surface area contributed by atoms with E-state index >= 15 is 0 Å². The van der Waals surface area contributed by atoms with Crippen LogP contribution in [-0.2, 0) is 30.4 Å². The Hall–Kier alpha value is -2.41. The lowest BCUT2D eigenvalue weighted by molar-refractivity contribution is -0.138. The lowest BCUT2D eigenvalue weighted by Crippen LogP contribution is -2.25. The molecule has 132 valence electrons. The number of fused-ring (bicyclic) bond motifs is 1. The number of carbonyl (C=O) groups excluding carboxylic acids is 1. The first-order valence-electron chi connectivity index (χ1n) is 7.82. The first-order valence-corrected chi connectivity index (χ1v) is 7.82. The maximum Gasteiger partial charge on any atom is 0.416 e. The number of anilines is 1. The molecule has 3 rings (SSSR count). The number of benzene rings is 2. The van der Waals surface area contributed by atoms with E-state index in [-0.39, 0.29) is 11.3 Å². The molecule has 0 atom stereocenters. The molecule has 7 heteroatoms. The lowest BCUT2D eigenvalue weighted by atomic mass is 9.99. The average molecular weight is 352 g/mol. The second kappa shape index (κ2) is 6.84. The zero-order chi connectivity index (χ0) is 18.0. The van der Waals surface area contributed by atoms with Crippen LogP contribution in [0.2, 0.25) is 0 Å². The fourth-order valence-electron chi connectivity index (χ4n) is 2.95. The summed E-state index contributed by atoms with van der Waals surface area (Å²) in [5, 5.41) is 5.51. The highest BCUT2D eigenvalue weighted by Gasteiger charge is 2.33. The van der Waals surface area contributed by atoms with E-state index in [1.165, 1.54) is 24.3 Å². The minimum atomic E-state index is -4.54. The molecule has 1 aliphatic rings. The molecule has 0 spiro atoms. The van der Waals surface area contributed by atoms with Gasteiger partial charge >= 0.3 is 6.18 Å². The number of nitrogens with one attached hydrogen (secondary N) is 2. The number of rotatable bonds is 3. The SMILES string of the molecule is O=C(Cc1ccccc1C(F)(F)F)Nc1ccc2c(c1F)CCNC2. The largest absolute Gasteiger partial charge is 0.416 e. The third kappa shape index (κ3) is 3.82. The second-order valence-electron chi connectivity index (χ2n) is 5.87. The van der Waals surface area contributed by atoms with Gasteiger partial charge in [0.1, 0.15) is 5.82 Å². The van der Waals surface area contributed by atoms with Crippen molar-refractivity contribution in [2.24, 2.45) is 0 Å². The van der Waals surface area contributed by atoms with Gasteiger partial charge in [-0.1, -0.05) is 24.3 Å². The van der Waals surface area contributed by atoms with E-state index in [9.17, 15) is 22.4 Å². The molecule has 0 aliphatic carbocycles. The van der Waals surface area contributed by atoms with E-state index in [4.69, 9.17) is 0 Å². The van der Waals surface area contributed by atoms with Crippen LogP contribution < -0.4 is 10.6 Å². The molecule has 0 fully saturated rings. The number of carbonyl (C=O) groups is 1. The van der Waals surface area contributed by atoms with Crippen LogP contribution in [0, 0.1) is 5.82 Å². The molecular weight excluding hydrogens is 336 g/mol.